The normalized spacial score (nSPS) is 18.1. The van der Waals surface area contributed by atoms with Crippen molar-refractivity contribution in [3.63, 3.8) is 0 Å². The van der Waals surface area contributed by atoms with Gasteiger partial charge in [0.15, 0.2) is 0 Å². The van der Waals surface area contributed by atoms with E-state index in [2.05, 4.69) is 20.4 Å². The summed E-state index contributed by atoms with van der Waals surface area (Å²) >= 11 is 0. The number of rotatable bonds is 6. The average molecular weight is 365 g/mol. The molecule has 2 N–H and O–H groups in total. The first kappa shape index (κ1) is 18.3. The van der Waals surface area contributed by atoms with E-state index in [4.69, 9.17) is 0 Å². The molecule has 0 aliphatic carbocycles. The lowest BCUT2D eigenvalue weighted by molar-refractivity contribution is -0.118. The predicted octanol–water partition coefficient (Wildman–Crippen LogP) is 1.61. The Hall–Kier alpha value is -2.52. The SMILES string of the molecule is Cn1ccnc1C1CNCCN1CC(=O)Nc1ccccc1OC(F)F. The third kappa shape index (κ3) is 4.36. The highest BCUT2D eigenvalue weighted by atomic mass is 19.3. The van der Waals surface area contributed by atoms with Crippen molar-refractivity contribution < 1.29 is 18.3 Å². The molecule has 1 aliphatic heterocycles. The van der Waals surface area contributed by atoms with E-state index in [1.54, 1.807) is 18.3 Å². The molecule has 1 atom stereocenters. The van der Waals surface area contributed by atoms with E-state index in [-0.39, 0.29) is 29.9 Å². The second-order valence-corrected chi connectivity index (χ2v) is 6.01. The molecule has 9 heteroatoms. The van der Waals surface area contributed by atoms with E-state index in [9.17, 15) is 13.6 Å². The minimum atomic E-state index is -2.95. The molecule has 1 saturated heterocycles. The van der Waals surface area contributed by atoms with Crippen LogP contribution in [0, 0.1) is 0 Å². The first-order valence-electron chi connectivity index (χ1n) is 8.30. The number of benzene rings is 1. The maximum atomic E-state index is 12.5. The van der Waals surface area contributed by atoms with Crippen molar-refractivity contribution in [2.75, 3.05) is 31.5 Å². The van der Waals surface area contributed by atoms with Gasteiger partial charge in [0.1, 0.15) is 11.6 Å². The summed E-state index contributed by atoms with van der Waals surface area (Å²) in [5.41, 5.74) is 0.224. The lowest BCUT2D eigenvalue weighted by Crippen LogP contribution is -2.49. The molecule has 3 rings (SSSR count). The van der Waals surface area contributed by atoms with Crippen LogP contribution < -0.4 is 15.4 Å². The molecule has 1 unspecified atom stereocenters. The van der Waals surface area contributed by atoms with E-state index >= 15 is 0 Å². The first-order chi connectivity index (χ1) is 12.5. The number of para-hydroxylation sites is 2. The van der Waals surface area contributed by atoms with Crippen molar-refractivity contribution in [1.29, 1.82) is 0 Å². The van der Waals surface area contributed by atoms with Gasteiger partial charge >= 0.3 is 6.61 Å². The van der Waals surface area contributed by atoms with Crippen molar-refractivity contribution in [2.45, 2.75) is 12.7 Å². The van der Waals surface area contributed by atoms with Crippen LogP contribution in [-0.2, 0) is 11.8 Å². The Morgan fingerprint density at radius 3 is 3.00 bits per heavy atom. The predicted molar refractivity (Wildman–Crippen MR) is 92.1 cm³/mol. The van der Waals surface area contributed by atoms with Gasteiger partial charge in [0.25, 0.3) is 0 Å². The third-order valence-electron chi connectivity index (χ3n) is 4.23. The lowest BCUT2D eigenvalue weighted by atomic mass is 10.1. The molecule has 0 saturated carbocycles. The molecular weight excluding hydrogens is 344 g/mol. The molecule has 26 heavy (non-hydrogen) atoms. The zero-order valence-corrected chi connectivity index (χ0v) is 14.4. The smallest absolute Gasteiger partial charge is 0.387 e. The van der Waals surface area contributed by atoms with Gasteiger partial charge in [-0.25, -0.2) is 4.98 Å². The van der Waals surface area contributed by atoms with E-state index in [0.29, 0.717) is 13.1 Å². The fraction of sp³-hybridized carbons (Fsp3) is 0.412. The second kappa shape index (κ2) is 8.24. The number of nitrogens with one attached hydrogen (secondary N) is 2. The highest BCUT2D eigenvalue weighted by Crippen LogP contribution is 2.26. The average Bonchev–Trinajstić information content (AvgIpc) is 3.02. The van der Waals surface area contributed by atoms with Crippen LogP contribution in [0.4, 0.5) is 14.5 Å². The van der Waals surface area contributed by atoms with Gasteiger partial charge in [0, 0.05) is 39.1 Å². The zero-order valence-electron chi connectivity index (χ0n) is 14.4. The molecule has 1 aliphatic rings. The highest BCUT2D eigenvalue weighted by Gasteiger charge is 2.28. The largest absolute Gasteiger partial charge is 0.433 e. The maximum Gasteiger partial charge on any atom is 0.387 e. The fourth-order valence-electron chi connectivity index (χ4n) is 3.03. The van der Waals surface area contributed by atoms with Crippen LogP contribution in [0.1, 0.15) is 11.9 Å². The molecule has 1 fully saturated rings. The minimum Gasteiger partial charge on any atom is -0.433 e. The second-order valence-electron chi connectivity index (χ2n) is 6.01. The number of hydrogen-bond donors (Lipinski definition) is 2. The number of carbonyl (C=O) groups is 1. The molecular formula is C17H21F2N5O2. The molecule has 2 aromatic rings. The number of aromatic nitrogens is 2. The van der Waals surface area contributed by atoms with Crippen molar-refractivity contribution in [2.24, 2.45) is 7.05 Å². The number of imidazole rings is 1. The Bertz CT molecular complexity index is 752. The topological polar surface area (TPSA) is 71.4 Å². The van der Waals surface area contributed by atoms with Gasteiger partial charge in [-0.05, 0) is 12.1 Å². The minimum absolute atomic E-state index is 0.0398. The summed E-state index contributed by atoms with van der Waals surface area (Å²) in [5, 5.41) is 5.96. The lowest BCUT2D eigenvalue weighted by Gasteiger charge is -2.35. The molecule has 0 bridgehead atoms. The molecule has 7 nitrogen and oxygen atoms in total. The zero-order chi connectivity index (χ0) is 18.5. The summed E-state index contributed by atoms with van der Waals surface area (Å²) in [4.78, 5) is 18.9. The fourth-order valence-corrected chi connectivity index (χ4v) is 3.03. The third-order valence-corrected chi connectivity index (χ3v) is 4.23. The number of alkyl halides is 2. The number of nitrogens with zero attached hydrogens (tertiary/aromatic N) is 3. The van der Waals surface area contributed by atoms with Crippen LogP contribution in [-0.4, -0.2) is 53.1 Å². The van der Waals surface area contributed by atoms with E-state index in [1.165, 1.54) is 12.1 Å². The number of piperazine rings is 1. The first-order valence-corrected chi connectivity index (χ1v) is 8.30. The van der Waals surface area contributed by atoms with Crippen molar-refractivity contribution >= 4 is 11.6 Å². The monoisotopic (exact) mass is 365 g/mol. The van der Waals surface area contributed by atoms with Crippen molar-refractivity contribution in [3.8, 4) is 5.75 Å². The van der Waals surface area contributed by atoms with Gasteiger partial charge in [0.05, 0.1) is 18.3 Å². The van der Waals surface area contributed by atoms with Gasteiger partial charge in [-0.15, -0.1) is 0 Å². The Morgan fingerprint density at radius 1 is 1.46 bits per heavy atom. The number of hydrogen-bond acceptors (Lipinski definition) is 5. The van der Waals surface area contributed by atoms with Crippen LogP contribution in [0.2, 0.25) is 0 Å². The summed E-state index contributed by atoms with van der Waals surface area (Å²) in [6, 6.07) is 6.10. The molecule has 1 aromatic carbocycles. The summed E-state index contributed by atoms with van der Waals surface area (Å²) in [6.07, 6.45) is 3.58. The molecule has 140 valence electrons. The van der Waals surface area contributed by atoms with Gasteiger partial charge < -0.3 is 19.9 Å². The van der Waals surface area contributed by atoms with Crippen LogP contribution in [0.25, 0.3) is 0 Å². The Balaban J connectivity index is 1.68. The summed E-state index contributed by atoms with van der Waals surface area (Å²) in [7, 11) is 1.91. The molecule has 1 amide bonds. The van der Waals surface area contributed by atoms with Crippen LogP contribution in [0.3, 0.4) is 0 Å². The number of anilines is 1. The number of amides is 1. The Morgan fingerprint density at radius 2 is 2.27 bits per heavy atom. The summed E-state index contributed by atoms with van der Waals surface area (Å²) in [6.45, 7) is -0.695. The number of halogens is 2. The summed E-state index contributed by atoms with van der Waals surface area (Å²) < 4.78 is 31.4. The maximum absolute atomic E-state index is 12.5. The van der Waals surface area contributed by atoms with Crippen LogP contribution in [0.5, 0.6) is 5.75 Å². The van der Waals surface area contributed by atoms with Gasteiger partial charge in [-0.2, -0.15) is 8.78 Å². The van der Waals surface area contributed by atoms with Gasteiger partial charge in [-0.3, -0.25) is 9.69 Å². The van der Waals surface area contributed by atoms with Gasteiger partial charge in [-0.1, -0.05) is 12.1 Å². The Kier molecular flexibility index (Phi) is 5.79. The quantitative estimate of drug-likeness (QED) is 0.814. The van der Waals surface area contributed by atoms with E-state index in [0.717, 1.165) is 12.4 Å². The van der Waals surface area contributed by atoms with Crippen molar-refractivity contribution in [3.05, 3.63) is 42.5 Å². The van der Waals surface area contributed by atoms with E-state index in [1.807, 2.05) is 22.7 Å². The van der Waals surface area contributed by atoms with Crippen LogP contribution in [0.15, 0.2) is 36.7 Å². The van der Waals surface area contributed by atoms with Crippen LogP contribution >= 0.6 is 0 Å². The van der Waals surface area contributed by atoms with E-state index < -0.39 is 6.61 Å². The standard InChI is InChI=1S/C17H21F2N5O2/c1-23-8-7-21-16(23)13-10-20-6-9-24(13)11-15(25)22-12-4-2-3-5-14(12)26-17(18)19/h2-5,7-8,13,17,20H,6,9-11H2,1H3,(H,22,25). The number of carbonyl (C=O) groups excluding carboxylic acids is 1. The summed E-state index contributed by atoms with van der Waals surface area (Å²) in [5.74, 6) is 0.514. The molecule has 0 spiro atoms. The number of ether oxygens (including phenoxy) is 1. The number of aryl methyl sites for hydroxylation is 1. The molecule has 2 heterocycles. The highest BCUT2D eigenvalue weighted by molar-refractivity contribution is 5.93. The van der Waals surface area contributed by atoms with Gasteiger partial charge in [0.2, 0.25) is 5.91 Å². The Labute approximate surface area is 150 Å². The molecule has 1 aromatic heterocycles. The molecule has 0 radical (unpaired) electrons. The van der Waals surface area contributed by atoms with Crippen molar-refractivity contribution in [1.82, 2.24) is 19.8 Å².